The molecule has 5 fully saturated rings. The molecule has 47 heavy (non-hydrogen) atoms. The van der Waals surface area contributed by atoms with Crippen molar-refractivity contribution in [1.82, 2.24) is 24.8 Å². The summed E-state index contributed by atoms with van der Waals surface area (Å²) in [6, 6.07) is 12.4. The van der Waals surface area contributed by atoms with Gasteiger partial charge < -0.3 is 14.9 Å². The van der Waals surface area contributed by atoms with Crippen LogP contribution < -0.4 is 4.90 Å². The highest BCUT2D eigenvalue weighted by molar-refractivity contribution is 5.80. The van der Waals surface area contributed by atoms with Gasteiger partial charge in [-0.05, 0) is 101 Å². The van der Waals surface area contributed by atoms with Gasteiger partial charge in [-0.2, -0.15) is 13.2 Å². The number of alkyl halides is 3. The number of hydrogen-bond donors (Lipinski definition) is 1. The van der Waals surface area contributed by atoms with Crippen molar-refractivity contribution in [2.45, 2.75) is 106 Å². The van der Waals surface area contributed by atoms with E-state index in [0.717, 1.165) is 63.2 Å². The molecular formula is C36H43F3N6O2. The van der Waals surface area contributed by atoms with Crippen molar-refractivity contribution in [3.8, 4) is 11.4 Å². The fourth-order valence-electron chi connectivity index (χ4n) is 9.54. The van der Waals surface area contributed by atoms with E-state index in [1.54, 1.807) is 30.7 Å². The fraction of sp³-hybridized carbons (Fsp3) is 0.556. The number of halogens is 3. The van der Waals surface area contributed by atoms with Gasteiger partial charge in [0, 0.05) is 80.5 Å². The minimum atomic E-state index is -4.37. The van der Waals surface area contributed by atoms with Gasteiger partial charge in [0.15, 0.2) is 5.82 Å². The molecule has 4 saturated heterocycles. The molecule has 8 nitrogen and oxygen atoms in total. The van der Waals surface area contributed by atoms with E-state index in [4.69, 9.17) is 0 Å². The Labute approximate surface area is 274 Å². The first kappa shape index (κ1) is 30.7. The fourth-order valence-corrected chi connectivity index (χ4v) is 9.54. The zero-order chi connectivity index (χ0) is 32.3. The molecule has 4 aliphatic heterocycles. The van der Waals surface area contributed by atoms with E-state index in [2.05, 4.69) is 29.7 Å². The zero-order valence-electron chi connectivity index (χ0n) is 26.4. The number of rotatable bonds is 5. The predicted octanol–water partition coefficient (Wildman–Crippen LogP) is 6.06. The predicted molar refractivity (Wildman–Crippen MR) is 172 cm³/mol. The molecule has 11 heteroatoms. The molecule has 4 atom stereocenters. The maximum Gasteiger partial charge on any atom is 0.416 e. The lowest BCUT2D eigenvalue weighted by Gasteiger charge is -2.42. The van der Waals surface area contributed by atoms with Crippen LogP contribution in [-0.4, -0.2) is 79.1 Å². The van der Waals surface area contributed by atoms with Gasteiger partial charge in [-0.3, -0.25) is 14.7 Å². The van der Waals surface area contributed by atoms with Gasteiger partial charge in [-0.15, -0.1) is 0 Å². The molecule has 1 amide bonds. The van der Waals surface area contributed by atoms with Crippen LogP contribution in [0.4, 0.5) is 18.9 Å². The molecule has 5 aliphatic rings. The maximum absolute atomic E-state index is 14.0. The average Bonchev–Trinajstić information content (AvgIpc) is 3.77. The summed E-state index contributed by atoms with van der Waals surface area (Å²) in [7, 11) is 0. The second kappa shape index (κ2) is 11.8. The zero-order valence-corrected chi connectivity index (χ0v) is 26.4. The quantitative estimate of drug-likeness (QED) is 0.360. The number of aliphatic hydroxyl groups is 1. The van der Waals surface area contributed by atoms with Crippen LogP contribution in [0.25, 0.3) is 11.4 Å². The van der Waals surface area contributed by atoms with Gasteiger partial charge in [-0.1, -0.05) is 6.07 Å². The van der Waals surface area contributed by atoms with E-state index in [9.17, 15) is 23.1 Å². The molecule has 4 unspecified atom stereocenters. The Morgan fingerprint density at radius 2 is 1.57 bits per heavy atom. The smallest absolute Gasteiger partial charge is 0.384 e. The highest BCUT2D eigenvalue weighted by atomic mass is 19.4. The van der Waals surface area contributed by atoms with Crippen LogP contribution in [0, 0.1) is 5.92 Å². The number of likely N-dealkylation sites (tertiary alicyclic amines) is 2. The van der Waals surface area contributed by atoms with Gasteiger partial charge in [0.25, 0.3) is 0 Å². The van der Waals surface area contributed by atoms with Crippen molar-refractivity contribution in [3.63, 3.8) is 0 Å². The van der Waals surface area contributed by atoms with E-state index >= 15 is 0 Å². The third kappa shape index (κ3) is 5.59. The number of nitrogens with zero attached hydrogens (tertiary/aromatic N) is 6. The number of aromatic nitrogens is 3. The summed E-state index contributed by atoms with van der Waals surface area (Å²) in [5, 5.41) is 11.6. The molecule has 1 saturated carbocycles. The van der Waals surface area contributed by atoms with Crippen molar-refractivity contribution in [2.24, 2.45) is 5.92 Å². The number of carbonyl (C=O) groups is 1. The van der Waals surface area contributed by atoms with Gasteiger partial charge in [0.05, 0.1) is 11.3 Å². The van der Waals surface area contributed by atoms with E-state index in [0.29, 0.717) is 55.0 Å². The molecule has 6 heterocycles. The SMILES string of the molecule is O=C(C1CC2CCC(C1)N2c1cccc(C(F)(F)F)c1)N1CCC2C1CCN2C1CCC(O)(c2ccc(-c3ncccn3)cn2)CC1.[HH]. The van der Waals surface area contributed by atoms with Crippen molar-refractivity contribution >= 4 is 11.6 Å². The summed E-state index contributed by atoms with van der Waals surface area (Å²) >= 11 is 0. The molecule has 1 aliphatic carbocycles. The Hall–Kier alpha value is -3.57. The Bertz CT molecular complexity index is 1590. The Kier molecular flexibility index (Phi) is 7.74. The first-order valence-electron chi connectivity index (χ1n) is 17.2. The van der Waals surface area contributed by atoms with Gasteiger partial charge in [0.1, 0.15) is 5.60 Å². The van der Waals surface area contributed by atoms with Crippen LogP contribution in [0.5, 0.6) is 0 Å². The summed E-state index contributed by atoms with van der Waals surface area (Å²) in [5.41, 5.74) is 0.574. The summed E-state index contributed by atoms with van der Waals surface area (Å²) < 4.78 is 40.2. The number of anilines is 1. The van der Waals surface area contributed by atoms with Crippen LogP contribution in [0.15, 0.2) is 61.1 Å². The highest BCUT2D eigenvalue weighted by Crippen LogP contribution is 2.46. The number of carbonyl (C=O) groups excluding carboxylic acids is 1. The Morgan fingerprint density at radius 3 is 2.26 bits per heavy atom. The van der Waals surface area contributed by atoms with Crippen LogP contribution in [0.3, 0.4) is 0 Å². The Balaban J connectivity index is 0.00000364. The first-order valence-corrected chi connectivity index (χ1v) is 17.2. The second-order valence-corrected chi connectivity index (χ2v) is 14.3. The third-order valence-electron chi connectivity index (χ3n) is 11.8. The molecule has 1 N–H and O–H groups in total. The Morgan fingerprint density at radius 1 is 0.851 bits per heavy atom. The van der Waals surface area contributed by atoms with Crippen LogP contribution in [-0.2, 0) is 16.6 Å². The number of hydrogen-bond acceptors (Lipinski definition) is 7. The number of piperidine rings is 1. The van der Waals surface area contributed by atoms with Gasteiger partial charge in [0.2, 0.25) is 5.91 Å². The number of benzene rings is 1. The van der Waals surface area contributed by atoms with Crippen molar-refractivity contribution < 1.29 is 24.5 Å². The summed E-state index contributed by atoms with van der Waals surface area (Å²) in [4.78, 5) is 34.1. The number of amides is 1. The molecule has 0 radical (unpaired) electrons. The van der Waals surface area contributed by atoms with Crippen LogP contribution in [0.2, 0.25) is 0 Å². The lowest BCUT2D eigenvalue weighted by molar-refractivity contribution is -0.138. The number of pyridine rings is 1. The molecule has 8 rings (SSSR count). The number of fused-ring (bicyclic) bond motifs is 3. The van der Waals surface area contributed by atoms with Gasteiger partial charge >= 0.3 is 6.18 Å². The van der Waals surface area contributed by atoms with E-state index < -0.39 is 17.3 Å². The van der Waals surface area contributed by atoms with Crippen LogP contribution in [0.1, 0.15) is 76.9 Å². The van der Waals surface area contributed by atoms with Crippen molar-refractivity contribution in [1.29, 1.82) is 0 Å². The summed E-state index contributed by atoms with van der Waals surface area (Å²) in [5.74, 6) is 0.788. The topological polar surface area (TPSA) is 85.7 Å². The van der Waals surface area contributed by atoms with Crippen molar-refractivity contribution in [2.75, 3.05) is 18.0 Å². The molecule has 2 bridgehead atoms. The molecule has 0 spiro atoms. The van der Waals surface area contributed by atoms with E-state index in [1.807, 2.05) is 12.1 Å². The maximum atomic E-state index is 14.0. The monoisotopic (exact) mass is 648 g/mol. The summed E-state index contributed by atoms with van der Waals surface area (Å²) in [6.45, 7) is 1.73. The minimum Gasteiger partial charge on any atom is -0.384 e. The lowest BCUT2D eigenvalue weighted by atomic mass is 9.79. The largest absolute Gasteiger partial charge is 0.416 e. The first-order chi connectivity index (χ1) is 22.7. The highest BCUT2D eigenvalue weighted by Gasteiger charge is 2.51. The molecule has 250 valence electrons. The van der Waals surface area contributed by atoms with Crippen molar-refractivity contribution in [3.05, 3.63) is 72.3 Å². The molecule has 2 aromatic heterocycles. The van der Waals surface area contributed by atoms with Crippen LogP contribution >= 0.6 is 0 Å². The molecule has 1 aromatic carbocycles. The average molecular weight is 649 g/mol. The normalized spacial score (nSPS) is 32.5. The lowest BCUT2D eigenvalue weighted by Crippen LogP contribution is -2.50. The summed E-state index contributed by atoms with van der Waals surface area (Å²) in [6.07, 6.45) is 9.03. The minimum absolute atomic E-state index is 0. The van der Waals surface area contributed by atoms with E-state index in [1.165, 1.54) is 12.1 Å². The standard InChI is InChI=1S/C36H41F3N6O2.H2/c37-36(38,39)25-3-1-4-27(21-25)45-28-6-7-29(45)20-24(19-28)34(46)44-18-12-30-31(44)11-17-43(30)26-9-13-35(47,14-10-26)32-8-5-23(22-42-32)33-40-15-2-16-41-33;/h1-5,8,15-16,21-22,24,26,28-31,47H,6-7,9-14,17-20H2;1H. The third-order valence-corrected chi connectivity index (χ3v) is 11.8. The molecular weight excluding hydrogens is 605 g/mol. The molecule has 3 aromatic rings. The van der Waals surface area contributed by atoms with Gasteiger partial charge in [-0.25, -0.2) is 9.97 Å². The second-order valence-electron chi connectivity index (χ2n) is 14.3. The van der Waals surface area contributed by atoms with E-state index in [-0.39, 0.29) is 31.4 Å².